The highest BCUT2D eigenvalue weighted by Gasteiger charge is 2.11. The topological polar surface area (TPSA) is 64.3 Å². The van der Waals surface area contributed by atoms with Crippen molar-refractivity contribution < 1.29 is 4.74 Å². The van der Waals surface area contributed by atoms with E-state index in [0.29, 0.717) is 24.3 Å². The Morgan fingerprint density at radius 1 is 1.33 bits per heavy atom. The van der Waals surface area contributed by atoms with Crippen LogP contribution in [-0.2, 0) is 0 Å². The second-order valence-electron chi connectivity index (χ2n) is 5.04. The Bertz CT molecular complexity index is 381. The van der Waals surface area contributed by atoms with Crippen molar-refractivity contribution in [1.29, 1.82) is 0 Å². The first-order valence-electron chi connectivity index (χ1n) is 6.36. The molecule has 1 rings (SSSR count). The molecule has 0 aliphatic rings. The molecule has 2 N–H and O–H groups in total. The van der Waals surface area contributed by atoms with Crippen LogP contribution in [0.4, 0.5) is 5.95 Å². The van der Waals surface area contributed by atoms with Gasteiger partial charge in [-0.1, -0.05) is 6.92 Å². The molecule has 0 aliphatic heterocycles. The van der Waals surface area contributed by atoms with E-state index in [9.17, 15) is 0 Å². The first-order valence-corrected chi connectivity index (χ1v) is 6.36. The van der Waals surface area contributed by atoms with Gasteiger partial charge in [-0.15, -0.1) is 0 Å². The fraction of sp³-hybridized carbons (Fsp3) is 0.692. The van der Waals surface area contributed by atoms with Gasteiger partial charge in [0.05, 0.1) is 6.10 Å². The molecule has 1 heterocycles. The molecule has 0 amide bonds. The van der Waals surface area contributed by atoms with Crippen LogP contribution in [-0.4, -0.2) is 36.2 Å². The number of hydrogen-bond acceptors (Lipinski definition) is 5. The maximum atomic E-state index is 5.63. The standard InChI is InChI=1S/C13H24N4O/c1-9(2)18-12-6-11(4)15-13(16-12)17(5)8-10(3)7-14/h6,9-10H,7-8,14H2,1-5H3. The Hall–Kier alpha value is -1.36. The lowest BCUT2D eigenvalue weighted by Gasteiger charge is -2.21. The van der Waals surface area contributed by atoms with Crippen LogP contribution in [0, 0.1) is 12.8 Å². The summed E-state index contributed by atoms with van der Waals surface area (Å²) in [5.74, 6) is 1.72. The summed E-state index contributed by atoms with van der Waals surface area (Å²) in [4.78, 5) is 10.8. The summed E-state index contributed by atoms with van der Waals surface area (Å²) >= 11 is 0. The molecule has 0 radical (unpaired) electrons. The van der Waals surface area contributed by atoms with Crippen LogP contribution in [0.15, 0.2) is 6.07 Å². The van der Waals surface area contributed by atoms with Gasteiger partial charge in [0, 0.05) is 25.4 Å². The van der Waals surface area contributed by atoms with Crippen LogP contribution < -0.4 is 15.4 Å². The zero-order valence-corrected chi connectivity index (χ0v) is 12.0. The lowest BCUT2D eigenvalue weighted by molar-refractivity contribution is 0.232. The van der Waals surface area contributed by atoms with Crippen LogP contribution >= 0.6 is 0 Å². The zero-order chi connectivity index (χ0) is 13.7. The molecule has 0 aliphatic carbocycles. The van der Waals surface area contributed by atoms with E-state index in [-0.39, 0.29) is 6.10 Å². The van der Waals surface area contributed by atoms with Crippen molar-refractivity contribution in [2.45, 2.75) is 33.8 Å². The summed E-state index contributed by atoms with van der Waals surface area (Å²) in [6, 6.07) is 1.85. The highest BCUT2D eigenvalue weighted by atomic mass is 16.5. The minimum Gasteiger partial charge on any atom is -0.475 e. The molecule has 5 heteroatoms. The van der Waals surface area contributed by atoms with E-state index in [0.717, 1.165) is 12.2 Å². The number of anilines is 1. The predicted molar refractivity (Wildman–Crippen MR) is 74.0 cm³/mol. The van der Waals surface area contributed by atoms with Crippen LogP contribution in [0.2, 0.25) is 0 Å². The summed E-state index contributed by atoms with van der Waals surface area (Å²) in [6.07, 6.45) is 0.112. The lowest BCUT2D eigenvalue weighted by atomic mass is 10.2. The Morgan fingerprint density at radius 2 is 2.00 bits per heavy atom. The van der Waals surface area contributed by atoms with Crippen molar-refractivity contribution in [3.8, 4) is 5.88 Å². The lowest BCUT2D eigenvalue weighted by Crippen LogP contribution is -2.29. The van der Waals surface area contributed by atoms with E-state index in [1.807, 2.05) is 38.8 Å². The van der Waals surface area contributed by atoms with Gasteiger partial charge in [0.1, 0.15) is 0 Å². The summed E-state index contributed by atoms with van der Waals surface area (Å²) in [7, 11) is 1.97. The number of aromatic nitrogens is 2. The molecule has 0 saturated heterocycles. The monoisotopic (exact) mass is 252 g/mol. The Labute approximate surface area is 109 Å². The highest BCUT2D eigenvalue weighted by Crippen LogP contribution is 2.16. The minimum absolute atomic E-state index is 0.112. The molecule has 0 bridgehead atoms. The third-order valence-electron chi connectivity index (χ3n) is 2.50. The van der Waals surface area contributed by atoms with Gasteiger partial charge in [0.25, 0.3) is 0 Å². The summed E-state index contributed by atoms with van der Waals surface area (Å²) < 4.78 is 5.61. The molecule has 0 saturated carbocycles. The van der Waals surface area contributed by atoms with Crippen molar-refractivity contribution in [3.05, 3.63) is 11.8 Å². The molecule has 1 unspecified atom stereocenters. The normalized spacial score (nSPS) is 12.6. The van der Waals surface area contributed by atoms with Crippen molar-refractivity contribution in [3.63, 3.8) is 0 Å². The molecule has 18 heavy (non-hydrogen) atoms. The van der Waals surface area contributed by atoms with Crippen LogP contribution in [0.3, 0.4) is 0 Å². The van der Waals surface area contributed by atoms with Crippen LogP contribution in [0.5, 0.6) is 5.88 Å². The molecule has 1 aromatic heterocycles. The highest BCUT2D eigenvalue weighted by molar-refractivity contribution is 5.33. The van der Waals surface area contributed by atoms with Gasteiger partial charge in [-0.25, -0.2) is 4.98 Å². The second kappa shape index (κ2) is 6.54. The van der Waals surface area contributed by atoms with E-state index in [1.54, 1.807) is 0 Å². The van der Waals surface area contributed by atoms with Crippen molar-refractivity contribution in [2.24, 2.45) is 11.7 Å². The smallest absolute Gasteiger partial charge is 0.228 e. The van der Waals surface area contributed by atoms with Gasteiger partial charge in [-0.3, -0.25) is 0 Å². The number of rotatable bonds is 6. The Morgan fingerprint density at radius 3 is 2.56 bits per heavy atom. The first-order chi connectivity index (χ1) is 8.42. The molecule has 102 valence electrons. The average Bonchev–Trinajstić information content (AvgIpc) is 2.26. The van der Waals surface area contributed by atoms with Gasteiger partial charge < -0.3 is 15.4 Å². The third-order valence-corrected chi connectivity index (χ3v) is 2.50. The molecule has 5 nitrogen and oxygen atoms in total. The predicted octanol–water partition coefficient (Wildman–Crippen LogP) is 1.60. The number of nitrogens with two attached hydrogens (primary N) is 1. The van der Waals surface area contributed by atoms with Crippen molar-refractivity contribution in [1.82, 2.24) is 9.97 Å². The molecule has 0 aromatic carbocycles. The Balaban J connectivity index is 2.84. The minimum atomic E-state index is 0.112. The summed E-state index contributed by atoms with van der Waals surface area (Å²) in [6.45, 7) is 9.51. The quantitative estimate of drug-likeness (QED) is 0.833. The van der Waals surface area contributed by atoms with E-state index >= 15 is 0 Å². The van der Waals surface area contributed by atoms with Gasteiger partial charge in [-0.2, -0.15) is 4.98 Å². The molecule has 0 fully saturated rings. The molecule has 1 aromatic rings. The van der Waals surface area contributed by atoms with Gasteiger partial charge in [0.15, 0.2) is 0 Å². The summed E-state index contributed by atoms with van der Waals surface area (Å²) in [5.41, 5.74) is 6.54. The van der Waals surface area contributed by atoms with Gasteiger partial charge in [0.2, 0.25) is 11.8 Å². The molecular formula is C13H24N4O. The fourth-order valence-electron chi connectivity index (χ4n) is 1.62. The van der Waals surface area contributed by atoms with E-state index in [4.69, 9.17) is 10.5 Å². The number of ether oxygens (including phenoxy) is 1. The van der Waals surface area contributed by atoms with Gasteiger partial charge >= 0.3 is 0 Å². The van der Waals surface area contributed by atoms with Gasteiger partial charge in [-0.05, 0) is 33.2 Å². The van der Waals surface area contributed by atoms with Crippen LogP contribution in [0.1, 0.15) is 26.5 Å². The first kappa shape index (κ1) is 14.7. The zero-order valence-electron chi connectivity index (χ0n) is 12.0. The third kappa shape index (κ3) is 4.49. The number of hydrogen-bond donors (Lipinski definition) is 1. The number of aryl methyl sites for hydroxylation is 1. The average molecular weight is 252 g/mol. The molecular weight excluding hydrogens is 228 g/mol. The molecule has 0 spiro atoms. The maximum Gasteiger partial charge on any atom is 0.228 e. The Kier molecular flexibility index (Phi) is 5.34. The van der Waals surface area contributed by atoms with E-state index in [2.05, 4.69) is 16.9 Å². The largest absolute Gasteiger partial charge is 0.475 e. The maximum absolute atomic E-state index is 5.63. The van der Waals surface area contributed by atoms with Crippen molar-refractivity contribution >= 4 is 5.95 Å². The van der Waals surface area contributed by atoms with Crippen molar-refractivity contribution in [2.75, 3.05) is 25.0 Å². The van der Waals surface area contributed by atoms with Crippen LogP contribution in [0.25, 0.3) is 0 Å². The second-order valence-corrected chi connectivity index (χ2v) is 5.04. The number of nitrogens with zero attached hydrogens (tertiary/aromatic N) is 3. The van der Waals surface area contributed by atoms with E-state index < -0.39 is 0 Å². The molecule has 1 atom stereocenters. The van der Waals surface area contributed by atoms with E-state index in [1.165, 1.54) is 0 Å². The SMILES string of the molecule is Cc1cc(OC(C)C)nc(N(C)CC(C)CN)n1. The fourth-order valence-corrected chi connectivity index (χ4v) is 1.62. The summed E-state index contributed by atoms with van der Waals surface area (Å²) in [5, 5.41) is 0.